The van der Waals surface area contributed by atoms with Crippen LogP contribution in [0.4, 0.5) is 5.82 Å². The highest BCUT2D eigenvalue weighted by Gasteiger charge is 2.22. The molecule has 0 radical (unpaired) electrons. The van der Waals surface area contributed by atoms with Crippen LogP contribution in [0.3, 0.4) is 0 Å². The molecule has 8 heteroatoms. The highest BCUT2D eigenvalue weighted by molar-refractivity contribution is 7.99. The molecule has 0 amide bonds. The maximum absolute atomic E-state index is 9.95. The first-order valence-corrected chi connectivity index (χ1v) is 10.4. The third kappa shape index (κ3) is 5.13. The molecule has 0 aliphatic heterocycles. The van der Waals surface area contributed by atoms with E-state index in [0.29, 0.717) is 40.7 Å². The number of benzene rings is 1. The molecule has 3 rings (SSSR count). The van der Waals surface area contributed by atoms with Crippen molar-refractivity contribution in [3.05, 3.63) is 65.5 Å². The summed E-state index contributed by atoms with van der Waals surface area (Å²) < 4.78 is 10.6. The van der Waals surface area contributed by atoms with E-state index in [1.165, 1.54) is 11.8 Å². The van der Waals surface area contributed by atoms with Gasteiger partial charge in [-0.05, 0) is 36.2 Å². The minimum Gasteiger partial charge on any atom is -0.491 e. The summed E-state index contributed by atoms with van der Waals surface area (Å²) in [5, 5.41) is 20.1. The Labute approximate surface area is 185 Å². The molecule has 156 valence electrons. The standard InChI is InChI=1S/C23H21N5O2S/c1-15(17-4-3-9-27-14-17)31-23-20(13-25)21(19(12-24)22(26)28-23)16-5-7-18(8-6-16)30-11-10-29-2/h3-9,14-15H,10-11H2,1-2H3,(H2,26,28)/t15-/m0/s1. The van der Waals surface area contributed by atoms with Gasteiger partial charge in [-0.3, -0.25) is 4.98 Å². The van der Waals surface area contributed by atoms with E-state index in [9.17, 15) is 10.5 Å². The summed E-state index contributed by atoms with van der Waals surface area (Å²) in [6.45, 7) is 2.91. The van der Waals surface area contributed by atoms with Gasteiger partial charge in [-0.15, -0.1) is 0 Å². The fraction of sp³-hybridized carbons (Fsp3) is 0.217. The van der Waals surface area contributed by atoms with Crippen LogP contribution in [-0.2, 0) is 4.74 Å². The molecule has 1 aromatic carbocycles. The summed E-state index contributed by atoms with van der Waals surface area (Å²) in [7, 11) is 1.61. The molecule has 3 aromatic rings. The molecule has 2 N–H and O–H groups in total. The number of hydrogen-bond donors (Lipinski definition) is 1. The van der Waals surface area contributed by atoms with Gasteiger partial charge in [0.05, 0.1) is 12.2 Å². The minimum atomic E-state index is -0.00922. The number of ether oxygens (including phenoxy) is 2. The molecule has 0 saturated heterocycles. The van der Waals surface area contributed by atoms with Crippen LogP contribution in [0.2, 0.25) is 0 Å². The molecule has 2 heterocycles. The molecule has 31 heavy (non-hydrogen) atoms. The number of aromatic nitrogens is 2. The average Bonchev–Trinajstić information content (AvgIpc) is 2.80. The molecule has 0 bridgehead atoms. The monoisotopic (exact) mass is 431 g/mol. The number of hydrogen-bond acceptors (Lipinski definition) is 8. The molecule has 0 aliphatic carbocycles. The number of nitriles is 2. The lowest BCUT2D eigenvalue weighted by Crippen LogP contribution is -2.05. The van der Waals surface area contributed by atoms with E-state index in [0.717, 1.165) is 5.56 Å². The Morgan fingerprint density at radius 2 is 1.84 bits per heavy atom. The highest BCUT2D eigenvalue weighted by Crippen LogP contribution is 2.41. The van der Waals surface area contributed by atoms with Crippen molar-refractivity contribution >= 4 is 17.6 Å². The summed E-state index contributed by atoms with van der Waals surface area (Å²) in [5.74, 6) is 0.762. The van der Waals surface area contributed by atoms with Crippen molar-refractivity contribution in [2.75, 3.05) is 26.1 Å². The number of pyridine rings is 2. The molecule has 7 nitrogen and oxygen atoms in total. The Kier molecular flexibility index (Phi) is 7.45. The van der Waals surface area contributed by atoms with Crippen molar-refractivity contribution in [1.82, 2.24) is 9.97 Å². The predicted molar refractivity (Wildman–Crippen MR) is 119 cm³/mol. The molecule has 0 spiro atoms. The summed E-state index contributed by atoms with van der Waals surface area (Å²) in [4.78, 5) is 8.52. The van der Waals surface area contributed by atoms with E-state index in [1.807, 2.05) is 19.1 Å². The fourth-order valence-electron chi connectivity index (χ4n) is 2.98. The molecule has 2 aromatic heterocycles. The normalized spacial score (nSPS) is 11.4. The first kappa shape index (κ1) is 22.1. The number of rotatable bonds is 8. The van der Waals surface area contributed by atoms with Crippen LogP contribution < -0.4 is 10.5 Å². The van der Waals surface area contributed by atoms with Crippen molar-refractivity contribution in [1.29, 1.82) is 10.5 Å². The van der Waals surface area contributed by atoms with Gasteiger partial charge >= 0.3 is 0 Å². The zero-order chi connectivity index (χ0) is 22.2. The summed E-state index contributed by atoms with van der Waals surface area (Å²) in [6, 6.07) is 15.3. The van der Waals surface area contributed by atoms with Gasteiger partial charge in [0.25, 0.3) is 0 Å². The second-order valence-electron chi connectivity index (χ2n) is 6.56. The lowest BCUT2D eigenvalue weighted by molar-refractivity contribution is 0.146. The molecular formula is C23H21N5O2S. The predicted octanol–water partition coefficient (Wildman–Crippen LogP) is 4.35. The Morgan fingerprint density at radius 3 is 2.45 bits per heavy atom. The van der Waals surface area contributed by atoms with Gasteiger partial charge in [-0.25, -0.2) is 4.98 Å². The Balaban J connectivity index is 2.01. The van der Waals surface area contributed by atoms with Gasteiger partial charge in [-0.1, -0.05) is 30.0 Å². The van der Waals surface area contributed by atoms with Crippen LogP contribution in [0.25, 0.3) is 11.1 Å². The summed E-state index contributed by atoms with van der Waals surface area (Å²) in [6.07, 6.45) is 3.49. The number of nitrogen functional groups attached to an aromatic ring is 1. The van der Waals surface area contributed by atoms with Crippen LogP contribution in [0.15, 0.2) is 53.8 Å². The van der Waals surface area contributed by atoms with Gasteiger partial charge < -0.3 is 15.2 Å². The molecule has 0 saturated carbocycles. The quantitative estimate of drug-likeness (QED) is 0.413. The second-order valence-corrected chi connectivity index (χ2v) is 7.89. The Bertz CT molecular complexity index is 1120. The summed E-state index contributed by atoms with van der Waals surface area (Å²) >= 11 is 1.41. The number of nitrogens with zero attached hydrogens (tertiary/aromatic N) is 4. The van der Waals surface area contributed by atoms with Crippen LogP contribution in [0, 0.1) is 22.7 Å². The first-order valence-electron chi connectivity index (χ1n) is 9.51. The van der Waals surface area contributed by atoms with Crippen LogP contribution in [-0.4, -0.2) is 30.3 Å². The highest BCUT2D eigenvalue weighted by atomic mass is 32.2. The van der Waals surface area contributed by atoms with E-state index in [-0.39, 0.29) is 16.6 Å². The third-order valence-electron chi connectivity index (χ3n) is 4.56. The first-order chi connectivity index (χ1) is 15.1. The zero-order valence-corrected chi connectivity index (χ0v) is 18.0. The number of methoxy groups -OCH3 is 1. The average molecular weight is 432 g/mol. The SMILES string of the molecule is COCCOc1ccc(-c2c(C#N)c(N)nc(S[C@@H](C)c3cccnc3)c2C#N)cc1. The van der Waals surface area contributed by atoms with Gasteiger partial charge in [0.1, 0.15) is 40.9 Å². The summed E-state index contributed by atoms with van der Waals surface area (Å²) in [5.41, 5.74) is 8.78. The van der Waals surface area contributed by atoms with E-state index >= 15 is 0 Å². The van der Waals surface area contributed by atoms with E-state index in [4.69, 9.17) is 15.2 Å². The third-order valence-corrected chi connectivity index (χ3v) is 5.70. The molecule has 1 atom stereocenters. The van der Waals surface area contributed by atoms with Gasteiger partial charge in [0, 0.05) is 30.3 Å². The molecular weight excluding hydrogens is 410 g/mol. The second kappa shape index (κ2) is 10.4. The zero-order valence-electron chi connectivity index (χ0n) is 17.2. The van der Waals surface area contributed by atoms with E-state index in [1.54, 1.807) is 43.8 Å². The van der Waals surface area contributed by atoms with E-state index in [2.05, 4.69) is 22.1 Å². The van der Waals surface area contributed by atoms with Crippen LogP contribution in [0.5, 0.6) is 5.75 Å². The smallest absolute Gasteiger partial charge is 0.143 e. The molecule has 0 aliphatic rings. The largest absolute Gasteiger partial charge is 0.491 e. The van der Waals surface area contributed by atoms with Gasteiger partial charge in [0.2, 0.25) is 0 Å². The molecule has 0 fully saturated rings. The van der Waals surface area contributed by atoms with E-state index < -0.39 is 0 Å². The maximum Gasteiger partial charge on any atom is 0.143 e. The Hall–Kier alpha value is -3.59. The van der Waals surface area contributed by atoms with Crippen LogP contribution >= 0.6 is 11.8 Å². The minimum absolute atomic E-state index is 0.00922. The van der Waals surface area contributed by atoms with Crippen molar-refractivity contribution in [3.63, 3.8) is 0 Å². The van der Waals surface area contributed by atoms with Crippen molar-refractivity contribution < 1.29 is 9.47 Å². The lowest BCUT2D eigenvalue weighted by atomic mass is 9.97. The van der Waals surface area contributed by atoms with Crippen molar-refractivity contribution in [3.8, 4) is 29.0 Å². The van der Waals surface area contributed by atoms with Gasteiger partial charge in [-0.2, -0.15) is 10.5 Å². The van der Waals surface area contributed by atoms with Crippen molar-refractivity contribution in [2.45, 2.75) is 17.2 Å². The Morgan fingerprint density at radius 1 is 1.10 bits per heavy atom. The fourth-order valence-corrected chi connectivity index (χ4v) is 4.01. The lowest BCUT2D eigenvalue weighted by Gasteiger charge is -2.16. The number of anilines is 1. The molecule has 0 unspecified atom stereocenters. The van der Waals surface area contributed by atoms with Crippen LogP contribution in [0.1, 0.15) is 28.9 Å². The van der Waals surface area contributed by atoms with Crippen molar-refractivity contribution in [2.24, 2.45) is 0 Å². The number of nitrogens with two attached hydrogens (primary N) is 1. The maximum atomic E-state index is 9.95. The topological polar surface area (TPSA) is 118 Å². The van der Waals surface area contributed by atoms with Gasteiger partial charge in [0.15, 0.2) is 0 Å². The number of thioether (sulfide) groups is 1.